The van der Waals surface area contributed by atoms with Gasteiger partial charge in [-0.3, -0.25) is 4.79 Å². The minimum absolute atomic E-state index is 0.102. The predicted molar refractivity (Wildman–Crippen MR) is 88.5 cm³/mol. The van der Waals surface area contributed by atoms with Crippen molar-refractivity contribution < 1.29 is 27.3 Å². The molecule has 1 aromatic rings. The first-order chi connectivity index (χ1) is 11.4. The van der Waals surface area contributed by atoms with Crippen LogP contribution in [0.15, 0.2) is 18.2 Å². The van der Waals surface area contributed by atoms with Gasteiger partial charge in [0.15, 0.2) is 0 Å². The third kappa shape index (κ3) is 3.69. The van der Waals surface area contributed by atoms with Crippen LogP contribution in [0.4, 0.5) is 18.9 Å². The predicted octanol–water partition coefficient (Wildman–Crippen LogP) is 3.35. The molecule has 0 radical (unpaired) electrons. The van der Waals surface area contributed by atoms with E-state index in [1.807, 2.05) is 27.7 Å². The zero-order valence-electron chi connectivity index (χ0n) is 14.7. The Morgan fingerprint density at radius 2 is 1.68 bits per heavy atom. The fourth-order valence-electron chi connectivity index (χ4n) is 2.59. The van der Waals surface area contributed by atoms with Crippen LogP contribution in [0.25, 0.3) is 0 Å². The van der Waals surface area contributed by atoms with Gasteiger partial charge in [0.1, 0.15) is 0 Å². The second-order valence-electron chi connectivity index (χ2n) is 7.69. The third-order valence-electron chi connectivity index (χ3n) is 5.02. The SMILES string of the molecule is CC1(C)OB(c2cc(NC(=O)C3CC3)cc(C(F)(F)F)c2)OC1(C)C. The summed E-state index contributed by atoms with van der Waals surface area (Å²) in [5, 5.41) is 2.57. The van der Waals surface area contributed by atoms with Crippen LogP contribution >= 0.6 is 0 Å². The van der Waals surface area contributed by atoms with Crippen molar-refractivity contribution >= 4 is 24.2 Å². The molecule has 0 atom stereocenters. The summed E-state index contributed by atoms with van der Waals surface area (Å²) in [6, 6.07) is 3.43. The van der Waals surface area contributed by atoms with Crippen molar-refractivity contribution in [2.75, 3.05) is 5.32 Å². The summed E-state index contributed by atoms with van der Waals surface area (Å²) < 4.78 is 51.4. The minimum Gasteiger partial charge on any atom is -0.399 e. The molecule has 1 aromatic carbocycles. The van der Waals surface area contributed by atoms with E-state index in [0.717, 1.165) is 25.0 Å². The van der Waals surface area contributed by atoms with Gasteiger partial charge in [0.25, 0.3) is 0 Å². The molecule has 3 rings (SSSR count). The Kier molecular flexibility index (Phi) is 4.19. The monoisotopic (exact) mass is 355 g/mol. The van der Waals surface area contributed by atoms with Crippen LogP contribution in [0.2, 0.25) is 0 Å². The summed E-state index contributed by atoms with van der Waals surface area (Å²) in [6.07, 6.45) is -2.98. The van der Waals surface area contributed by atoms with Gasteiger partial charge in [-0.15, -0.1) is 0 Å². The fourth-order valence-corrected chi connectivity index (χ4v) is 2.59. The van der Waals surface area contributed by atoms with Gasteiger partial charge in [-0.05, 0) is 58.1 Å². The molecule has 1 saturated carbocycles. The van der Waals surface area contributed by atoms with Crippen LogP contribution in [0, 0.1) is 5.92 Å². The van der Waals surface area contributed by atoms with Crippen molar-refractivity contribution in [3.8, 4) is 0 Å². The molecule has 1 aliphatic carbocycles. The van der Waals surface area contributed by atoms with Crippen molar-refractivity contribution in [1.82, 2.24) is 0 Å². The van der Waals surface area contributed by atoms with Gasteiger partial charge in [-0.1, -0.05) is 6.07 Å². The van der Waals surface area contributed by atoms with Crippen molar-refractivity contribution in [2.24, 2.45) is 5.92 Å². The van der Waals surface area contributed by atoms with E-state index in [2.05, 4.69) is 5.32 Å². The number of halogens is 3. The Labute approximate surface area is 145 Å². The van der Waals surface area contributed by atoms with E-state index < -0.39 is 30.1 Å². The highest BCUT2D eigenvalue weighted by atomic mass is 19.4. The number of benzene rings is 1. The third-order valence-corrected chi connectivity index (χ3v) is 5.02. The molecule has 0 spiro atoms. The lowest BCUT2D eigenvalue weighted by atomic mass is 9.78. The lowest BCUT2D eigenvalue weighted by molar-refractivity contribution is -0.137. The van der Waals surface area contributed by atoms with Gasteiger partial charge in [-0.2, -0.15) is 13.2 Å². The summed E-state index contributed by atoms with van der Waals surface area (Å²) in [6.45, 7) is 7.32. The lowest BCUT2D eigenvalue weighted by Crippen LogP contribution is -2.41. The summed E-state index contributed by atoms with van der Waals surface area (Å²) in [5.41, 5.74) is -1.83. The van der Waals surface area contributed by atoms with E-state index in [0.29, 0.717) is 0 Å². The smallest absolute Gasteiger partial charge is 0.399 e. The quantitative estimate of drug-likeness (QED) is 0.846. The fraction of sp³-hybridized carbons (Fsp3) is 0.588. The number of hydrogen-bond donors (Lipinski definition) is 1. The average Bonchev–Trinajstić information content (AvgIpc) is 3.26. The first kappa shape index (κ1) is 18.3. The van der Waals surface area contributed by atoms with E-state index >= 15 is 0 Å². The number of alkyl halides is 3. The Morgan fingerprint density at radius 1 is 1.12 bits per heavy atom. The first-order valence-electron chi connectivity index (χ1n) is 8.28. The number of carbonyl (C=O) groups is 1. The molecule has 1 saturated heterocycles. The summed E-state index contributed by atoms with van der Waals surface area (Å²) in [7, 11) is -0.927. The maximum atomic E-state index is 13.3. The normalized spacial score (nSPS) is 22.1. The van der Waals surface area contributed by atoms with Crippen molar-refractivity contribution in [3.05, 3.63) is 23.8 Å². The van der Waals surface area contributed by atoms with Gasteiger partial charge in [-0.25, -0.2) is 0 Å². The molecule has 8 heteroatoms. The second kappa shape index (κ2) is 5.74. The molecule has 1 N–H and O–H groups in total. The maximum Gasteiger partial charge on any atom is 0.494 e. The average molecular weight is 355 g/mol. The molecular formula is C17H21BF3NO3. The molecule has 2 fully saturated rings. The van der Waals surface area contributed by atoms with Crippen LogP contribution in [0.5, 0.6) is 0 Å². The van der Waals surface area contributed by atoms with Crippen LogP contribution < -0.4 is 10.8 Å². The van der Waals surface area contributed by atoms with E-state index in [1.165, 1.54) is 6.07 Å². The highest BCUT2D eigenvalue weighted by Gasteiger charge is 2.52. The molecule has 1 amide bonds. The largest absolute Gasteiger partial charge is 0.494 e. The Hall–Kier alpha value is -1.54. The molecule has 4 nitrogen and oxygen atoms in total. The van der Waals surface area contributed by atoms with Crippen molar-refractivity contribution in [1.29, 1.82) is 0 Å². The molecule has 25 heavy (non-hydrogen) atoms. The topological polar surface area (TPSA) is 47.6 Å². The van der Waals surface area contributed by atoms with Crippen LogP contribution in [-0.2, 0) is 20.3 Å². The van der Waals surface area contributed by atoms with Gasteiger partial charge < -0.3 is 14.6 Å². The Balaban J connectivity index is 1.94. The number of hydrogen-bond acceptors (Lipinski definition) is 3. The zero-order valence-corrected chi connectivity index (χ0v) is 14.7. The lowest BCUT2D eigenvalue weighted by Gasteiger charge is -2.32. The number of anilines is 1. The van der Waals surface area contributed by atoms with Gasteiger partial charge in [0.05, 0.1) is 16.8 Å². The van der Waals surface area contributed by atoms with Crippen molar-refractivity contribution in [3.63, 3.8) is 0 Å². The molecule has 136 valence electrons. The molecule has 0 bridgehead atoms. The molecule has 0 unspecified atom stereocenters. The summed E-state index contributed by atoms with van der Waals surface area (Å²) in [4.78, 5) is 11.9. The van der Waals surface area contributed by atoms with E-state index in [-0.39, 0.29) is 23.0 Å². The number of rotatable bonds is 3. The van der Waals surface area contributed by atoms with Gasteiger partial charge in [0.2, 0.25) is 5.91 Å². The molecule has 1 heterocycles. The molecule has 0 aromatic heterocycles. The standard InChI is InChI=1S/C17H21BF3NO3/c1-15(2)16(3,4)25-18(24-15)12-7-11(17(19,20)21)8-13(9-12)22-14(23)10-5-6-10/h7-10H,5-6H2,1-4H3,(H,22,23). The van der Waals surface area contributed by atoms with E-state index in [4.69, 9.17) is 9.31 Å². The molecule has 2 aliphatic rings. The summed E-state index contributed by atoms with van der Waals surface area (Å²) in [5.74, 6) is -0.353. The highest BCUT2D eigenvalue weighted by molar-refractivity contribution is 6.62. The van der Waals surface area contributed by atoms with Crippen molar-refractivity contribution in [2.45, 2.75) is 57.9 Å². The molecular weight excluding hydrogens is 334 g/mol. The first-order valence-corrected chi connectivity index (χ1v) is 8.28. The zero-order chi connectivity index (χ0) is 18.6. The van der Waals surface area contributed by atoms with E-state index in [1.54, 1.807) is 0 Å². The summed E-state index contributed by atoms with van der Waals surface area (Å²) >= 11 is 0. The number of amides is 1. The van der Waals surface area contributed by atoms with Crippen LogP contribution in [0.3, 0.4) is 0 Å². The van der Waals surface area contributed by atoms with Gasteiger partial charge in [0, 0.05) is 11.6 Å². The Bertz CT molecular complexity index is 683. The molecule has 1 aliphatic heterocycles. The second-order valence-corrected chi connectivity index (χ2v) is 7.69. The van der Waals surface area contributed by atoms with E-state index in [9.17, 15) is 18.0 Å². The van der Waals surface area contributed by atoms with Crippen LogP contribution in [-0.4, -0.2) is 24.2 Å². The highest BCUT2D eigenvalue weighted by Crippen LogP contribution is 2.38. The number of carbonyl (C=O) groups excluding carboxylic acids is 1. The Morgan fingerprint density at radius 3 is 2.16 bits per heavy atom. The maximum absolute atomic E-state index is 13.3. The minimum atomic E-state index is -4.53. The van der Waals surface area contributed by atoms with Gasteiger partial charge >= 0.3 is 13.3 Å². The number of nitrogens with one attached hydrogen (secondary N) is 1. The van der Waals surface area contributed by atoms with Crippen LogP contribution in [0.1, 0.15) is 46.1 Å².